The van der Waals surface area contributed by atoms with Crippen LogP contribution in [0, 0.1) is 29.9 Å². The van der Waals surface area contributed by atoms with E-state index in [1.165, 1.54) is 38.5 Å². The van der Waals surface area contributed by atoms with Gasteiger partial charge in [-0.05, 0) is 38.5 Å². The van der Waals surface area contributed by atoms with E-state index in [1.807, 2.05) is 0 Å². The van der Waals surface area contributed by atoms with Crippen LogP contribution in [0.2, 0.25) is 0 Å². The quantitative estimate of drug-likeness (QED) is 0.279. The molecule has 20 heavy (non-hydrogen) atoms. The molecule has 3 rings (SSSR count). The molecule has 1 radical (unpaired) electrons. The fraction of sp³-hybridized carbons (Fsp3) is 1.00. The summed E-state index contributed by atoms with van der Waals surface area (Å²) in [7, 11) is 0. The van der Waals surface area contributed by atoms with Crippen LogP contribution in [0.5, 0.6) is 0 Å². The van der Waals surface area contributed by atoms with Gasteiger partial charge in [-0.1, -0.05) is 0 Å². The molecule has 0 spiro atoms. The Bertz CT molecular complexity index is 89.3. The van der Waals surface area contributed by atoms with E-state index in [1.54, 1.807) is 0 Å². The third-order valence-corrected chi connectivity index (χ3v) is 2.48. The van der Waals surface area contributed by atoms with Crippen molar-refractivity contribution in [3.63, 3.8) is 0 Å². The molecule has 3 nitrogen and oxygen atoms in total. The average molecular weight is 595 g/mol. The topological polar surface area (TPSA) is 27.7 Å². The van der Waals surface area contributed by atoms with Crippen molar-refractivity contribution in [3.05, 3.63) is 0 Å². The Morgan fingerprint density at radius 1 is 0.350 bits per heavy atom. The SMILES string of the molecule is C1CCOC1.C1CCOC1.C1CCOC1.[Cl-].[Cl-].[Cl-].[Cl-].[Np]. The second-order valence-electron chi connectivity index (χ2n) is 3.96. The molecule has 0 aliphatic carbocycles. The molecule has 0 unspecified atom stereocenters. The number of hydrogen-bond donors (Lipinski definition) is 0. The number of hydrogen-bond acceptors (Lipinski definition) is 3. The van der Waals surface area contributed by atoms with Gasteiger partial charge in [0.15, 0.2) is 0 Å². The zero-order chi connectivity index (χ0) is 10.6. The molecule has 3 heterocycles. The summed E-state index contributed by atoms with van der Waals surface area (Å²) in [4.78, 5) is 0. The van der Waals surface area contributed by atoms with Gasteiger partial charge >= 0.3 is 0 Å². The molecular formula is C12H24Cl4NpO3-4. The molecule has 0 bridgehead atoms. The summed E-state index contributed by atoms with van der Waals surface area (Å²) in [6.07, 6.45) is 7.67. The summed E-state index contributed by atoms with van der Waals surface area (Å²) in [5.41, 5.74) is 0. The van der Waals surface area contributed by atoms with Gasteiger partial charge in [0.1, 0.15) is 0 Å². The molecule has 3 aliphatic heterocycles. The number of ether oxygens (including phenoxy) is 3. The molecule has 0 aromatic rings. The van der Waals surface area contributed by atoms with E-state index in [9.17, 15) is 0 Å². The minimum atomic E-state index is 0. The second kappa shape index (κ2) is 29.1. The molecule has 0 atom stereocenters. The van der Waals surface area contributed by atoms with E-state index in [-0.39, 0.29) is 79.6 Å². The zero-order valence-corrected chi connectivity index (χ0v) is 18.4. The molecule has 0 saturated carbocycles. The first-order valence-corrected chi connectivity index (χ1v) is 6.23. The summed E-state index contributed by atoms with van der Waals surface area (Å²) < 4.78 is 14.8. The molecule has 3 aliphatic rings. The molecule has 0 aromatic carbocycles. The third kappa shape index (κ3) is 25.0. The largest absolute Gasteiger partial charge is 1.00 e. The van der Waals surface area contributed by atoms with Gasteiger partial charge in [-0.25, -0.2) is 0 Å². The predicted molar refractivity (Wildman–Crippen MR) is 60.2 cm³/mol. The molecule has 8 heteroatoms. The van der Waals surface area contributed by atoms with Crippen molar-refractivity contribution in [2.24, 2.45) is 0 Å². The van der Waals surface area contributed by atoms with Gasteiger partial charge in [-0.15, -0.1) is 0 Å². The Labute approximate surface area is 170 Å². The van der Waals surface area contributed by atoms with Crippen LogP contribution in [0.3, 0.4) is 0 Å². The number of rotatable bonds is 0. The maximum Gasteiger partial charge on any atom is 0.0466 e. The fourth-order valence-electron chi connectivity index (χ4n) is 1.53. The van der Waals surface area contributed by atoms with E-state index >= 15 is 0 Å². The maximum absolute atomic E-state index is 4.94. The monoisotopic (exact) mass is 592 g/mol. The van der Waals surface area contributed by atoms with E-state index in [2.05, 4.69) is 0 Å². The molecule has 0 amide bonds. The van der Waals surface area contributed by atoms with Crippen LogP contribution in [0.4, 0.5) is 0 Å². The Balaban J connectivity index is -0.0000000500. The van der Waals surface area contributed by atoms with E-state index < -0.39 is 0 Å². The zero-order valence-electron chi connectivity index (χ0n) is 11.7. The van der Waals surface area contributed by atoms with Gasteiger partial charge in [0, 0.05) is 69.6 Å². The minimum absolute atomic E-state index is 0. The molecule has 0 aromatic heterocycles. The molecule has 3 saturated heterocycles. The van der Waals surface area contributed by atoms with E-state index in [0.717, 1.165) is 39.6 Å². The fourth-order valence-corrected chi connectivity index (χ4v) is 1.53. The normalized spacial score (nSPS) is 18.0. The Kier molecular flexibility index (Phi) is 48.9. The Hall–Kier alpha value is 2.05. The van der Waals surface area contributed by atoms with Crippen LogP contribution >= 0.6 is 0 Å². The van der Waals surface area contributed by atoms with Gasteiger partial charge in [-0.2, -0.15) is 0 Å². The first-order valence-electron chi connectivity index (χ1n) is 6.23. The van der Waals surface area contributed by atoms with Crippen molar-refractivity contribution < 1.29 is 93.8 Å². The van der Waals surface area contributed by atoms with Crippen molar-refractivity contribution in [2.75, 3.05) is 39.6 Å². The van der Waals surface area contributed by atoms with Crippen LogP contribution in [0.15, 0.2) is 0 Å². The van der Waals surface area contributed by atoms with Gasteiger partial charge in [0.05, 0.1) is 0 Å². The minimum Gasteiger partial charge on any atom is -1.00 e. The number of halogens is 4. The van der Waals surface area contributed by atoms with Gasteiger partial charge in [0.25, 0.3) is 0 Å². The van der Waals surface area contributed by atoms with E-state index in [4.69, 9.17) is 14.2 Å². The first kappa shape index (κ1) is 33.6. The summed E-state index contributed by atoms with van der Waals surface area (Å²) >= 11 is 0. The summed E-state index contributed by atoms with van der Waals surface area (Å²) in [6, 6.07) is 0. The average Bonchev–Trinajstić information content (AvgIpc) is 3.09. The van der Waals surface area contributed by atoms with Gasteiger partial charge in [-0.3, -0.25) is 0 Å². The standard InChI is InChI=1S/3C4H8O.4ClH.Np/c3*1-2-4-5-3-1;;;;;/h3*1-4H2;4*1H;/p-4. The molecule has 3 fully saturated rings. The summed E-state index contributed by atoms with van der Waals surface area (Å²) in [5, 5.41) is 0. The maximum atomic E-state index is 4.94. The van der Waals surface area contributed by atoms with Gasteiger partial charge in [0.2, 0.25) is 0 Å². The first-order chi connectivity index (χ1) is 7.50. The molecule has 0 N–H and O–H groups in total. The van der Waals surface area contributed by atoms with Crippen molar-refractivity contribution in [2.45, 2.75) is 38.5 Å². The Morgan fingerprint density at radius 3 is 0.550 bits per heavy atom. The second-order valence-corrected chi connectivity index (χ2v) is 3.96. The smallest absolute Gasteiger partial charge is 0.0466 e. The van der Waals surface area contributed by atoms with Crippen LogP contribution in [-0.2, 0) is 14.2 Å². The van der Waals surface area contributed by atoms with Crippen LogP contribution in [0.25, 0.3) is 0 Å². The predicted octanol–water partition coefficient (Wildman–Crippen LogP) is -9.59. The van der Waals surface area contributed by atoms with Crippen LogP contribution < -0.4 is 49.6 Å². The van der Waals surface area contributed by atoms with Crippen molar-refractivity contribution in [3.8, 4) is 0 Å². The van der Waals surface area contributed by atoms with Crippen LogP contribution in [0.1, 0.15) is 38.5 Å². The van der Waals surface area contributed by atoms with Crippen molar-refractivity contribution in [1.29, 1.82) is 0 Å². The summed E-state index contributed by atoms with van der Waals surface area (Å²) in [5.74, 6) is 0. The Morgan fingerprint density at radius 2 is 0.500 bits per heavy atom. The van der Waals surface area contributed by atoms with E-state index in [0.29, 0.717) is 0 Å². The summed E-state index contributed by atoms with van der Waals surface area (Å²) in [6.45, 7) is 6.00. The van der Waals surface area contributed by atoms with Crippen molar-refractivity contribution >= 4 is 0 Å². The molecular weight excluding hydrogens is 571 g/mol. The molecule has 127 valence electrons. The van der Waals surface area contributed by atoms with Crippen molar-refractivity contribution in [1.82, 2.24) is 0 Å². The van der Waals surface area contributed by atoms with Crippen LogP contribution in [-0.4, -0.2) is 39.6 Å². The third-order valence-electron chi connectivity index (χ3n) is 2.48. The van der Waals surface area contributed by atoms with Gasteiger partial charge < -0.3 is 63.8 Å².